The number of carboxylic acids is 1. The summed E-state index contributed by atoms with van der Waals surface area (Å²) in [4.78, 5) is 32.5. The largest absolute Gasteiger partial charge is 0.480 e. The first kappa shape index (κ1) is 22.2. The van der Waals surface area contributed by atoms with Gasteiger partial charge in [-0.25, -0.2) is 4.79 Å². The number of benzene rings is 3. The molecule has 2 fully saturated rings. The minimum absolute atomic E-state index is 0.0840. The highest BCUT2D eigenvalue weighted by molar-refractivity contribution is 5.91. The Bertz CT molecular complexity index is 1080. The summed E-state index contributed by atoms with van der Waals surface area (Å²) in [5.41, 5.74) is 2.91. The molecule has 5 rings (SSSR count). The highest BCUT2D eigenvalue weighted by atomic mass is 16.4. The molecule has 1 N–H and O–H groups in total. The first-order valence-corrected chi connectivity index (χ1v) is 11.8. The van der Waals surface area contributed by atoms with E-state index in [0.29, 0.717) is 13.1 Å². The third-order valence-corrected chi connectivity index (χ3v) is 7.00. The van der Waals surface area contributed by atoms with Gasteiger partial charge < -0.3 is 14.9 Å². The number of carboxylic acid groups (broad SMARTS) is 1. The van der Waals surface area contributed by atoms with Crippen molar-refractivity contribution >= 4 is 17.6 Å². The molecule has 0 saturated carbocycles. The van der Waals surface area contributed by atoms with E-state index in [2.05, 4.69) is 21.9 Å². The molecule has 174 valence electrons. The van der Waals surface area contributed by atoms with Crippen molar-refractivity contribution < 1.29 is 14.7 Å². The number of para-hydroxylation sites is 1. The molecule has 1 amide bonds. The van der Waals surface area contributed by atoms with Crippen LogP contribution < -0.4 is 4.90 Å². The number of hydrogen-bond acceptors (Lipinski definition) is 4. The van der Waals surface area contributed by atoms with Gasteiger partial charge in [-0.1, -0.05) is 78.9 Å². The Labute approximate surface area is 200 Å². The lowest BCUT2D eigenvalue weighted by Gasteiger charge is -2.50. The van der Waals surface area contributed by atoms with Crippen LogP contribution in [0.1, 0.15) is 17.0 Å². The molecular weight excluding hydrogens is 426 g/mol. The van der Waals surface area contributed by atoms with Gasteiger partial charge in [0.2, 0.25) is 5.91 Å². The van der Waals surface area contributed by atoms with Gasteiger partial charge in [-0.05, 0) is 23.3 Å². The summed E-state index contributed by atoms with van der Waals surface area (Å²) in [6.45, 7) is 3.14. The fourth-order valence-electron chi connectivity index (χ4n) is 5.24. The second-order valence-corrected chi connectivity index (χ2v) is 9.03. The lowest BCUT2D eigenvalue weighted by molar-refractivity contribution is -0.156. The van der Waals surface area contributed by atoms with Crippen molar-refractivity contribution in [1.29, 1.82) is 0 Å². The van der Waals surface area contributed by atoms with Crippen LogP contribution in [-0.4, -0.2) is 71.6 Å². The standard InChI is InChI=1S/C28H29N3O3/c32-27(26(21-10-4-1-5-11-21)22-12-6-2-7-13-22)31-19-24-18-29(23-14-8-3-9-15-23)16-17-30(24)20-25(31)28(33)34/h1-15,24-26H,16-20H2,(H,33,34)/t24?,25-/m0/s1. The average Bonchev–Trinajstić information content (AvgIpc) is 2.89. The van der Waals surface area contributed by atoms with E-state index in [9.17, 15) is 14.7 Å². The molecule has 3 aromatic rings. The SMILES string of the molecule is O=C(O)[C@@H]1CN2CCN(c3ccccc3)CC2CN1C(=O)C(c1ccccc1)c1ccccc1. The van der Waals surface area contributed by atoms with Crippen LogP contribution in [0, 0.1) is 0 Å². The maximum atomic E-state index is 14.1. The van der Waals surface area contributed by atoms with Crippen molar-refractivity contribution in [1.82, 2.24) is 9.80 Å². The lowest BCUT2D eigenvalue weighted by atomic mass is 9.88. The molecule has 1 unspecified atom stereocenters. The van der Waals surface area contributed by atoms with Gasteiger partial charge >= 0.3 is 5.97 Å². The molecule has 0 radical (unpaired) electrons. The minimum atomic E-state index is -0.947. The van der Waals surface area contributed by atoms with E-state index in [1.807, 2.05) is 78.9 Å². The maximum absolute atomic E-state index is 14.1. The summed E-state index contributed by atoms with van der Waals surface area (Å²) in [7, 11) is 0. The molecule has 2 saturated heterocycles. The average molecular weight is 456 g/mol. The molecule has 0 spiro atoms. The van der Waals surface area contributed by atoms with E-state index in [1.165, 1.54) is 0 Å². The Balaban J connectivity index is 1.45. The summed E-state index contributed by atoms with van der Waals surface area (Å²) in [6.07, 6.45) is 0. The van der Waals surface area contributed by atoms with Gasteiger partial charge in [0.25, 0.3) is 0 Å². The smallest absolute Gasteiger partial charge is 0.327 e. The molecule has 2 aliphatic rings. The third-order valence-electron chi connectivity index (χ3n) is 7.00. The predicted octanol–water partition coefficient (Wildman–Crippen LogP) is 3.30. The molecule has 6 heteroatoms. The van der Waals surface area contributed by atoms with Gasteiger partial charge in [-0.2, -0.15) is 0 Å². The van der Waals surface area contributed by atoms with Gasteiger partial charge in [0.05, 0.1) is 5.92 Å². The number of nitrogens with zero attached hydrogens (tertiary/aromatic N) is 3. The zero-order valence-electron chi connectivity index (χ0n) is 19.0. The van der Waals surface area contributed by atoms with Crippen molar-refractivity contribution in [2.24, 2.45) is 0 Å². The summed E-state index contributed by atoms with van der Waals surface area (Å²) >= 11 is 0. The summed E-state index contributed by atoms with van der Waals surface area (Å²) in [6, 6.07) is 28.8. The normalized spacial score (nSPS) is 20.7. The Kier molecular flexibility index (Phi) is 6.32. The second-order valence-electron chi connectivity index (χ2n) is 9.03. The number of hydrogen-bond donors (Lipinski definition) is 1. The Morgan fingerprint density at radius 3 is 1.85 bits per heavy atom. The molecule has 2 heterocycles. The topological polar surface area (TPSA) is 64.1 Å². The van der Waals surface area contributed by atoms with Crippen LogP contribution in [0.2, 0.25) is 0 Å². The number of rotatable bonds is 5. The Hall–Kier alpha value is -3.64. The Morgan fingerprint density at radius 2 is 1.29 bits per heavy atom. The van der Waals surface area contributed by atoms with Crippen molar-refractivity contribution in [2.75, 3.05) is 37.6 Å². The van der Waals surface area contributed by atoms with Gasteiger partial charge in [-0.15, -0.1) is 0 Å². The van der Waals surface area contributed by atoms with E-state index in [1.54, 1.807) is 4.90 Å². The predicted molar refractivity (Wildman–Crippen MR) is 132 cm³/mol. The number of fused-ring (bicyclic) bond motifs is 1. The van der Waals surface area contributed by atoms with Gasteiger partial charge in [-0.3, -0.25) is 9.69 Å². The summed E-state index contributed by atoms with van der Waals surface area (Å²) < 4.78 is 0. The zero-order valence-corrected chi connectivity index (χ0v) is 19.0. The first-order chi connectivity index (χ1) is 16.6. The number of carbonyl (C=O) groups is 2. The molecule has 2 aliphatic heterocycles. The van der Waals surface area contributed by atoms with Gasteiger partial charge in [0.15, 0.2) is 0 Å². The van der Waals surface area contributed by atoms with Gasteiger partial charge in [0.1, 0.15) is 6.04 Å². The molecular formula is C28H29N3O3. The number of anilines is 1. The molecule has 34 heavy (non-hydrogen) atoms. The number of piperazine rings is 2. The summed E-state index contributed by atoms with van der Waals surface area (Å²) in [5, 5.41) is 10.1. The molecule has 0 bridgehead atoms. The third kappa shape index (κ3) is 4.41. The molecule has 2 atom stereocenters. The van der Waals surface area contributed by atoms with E-state index >= 15 is 0 Å². The van der Waals surface area contributed by atoms with Crippen LogP contribution in [-0.2, 0) is 9.59 Å². The molecule has 0 aromatic heterocycles. The van der Waals surface area contributed by atoms with E-state index in [-0.39, 0.29) is 11.9 Å². The molecule has 6 nitrogen and oxygen atoms in total. The van der Waals surface area contributed by atoms with E-state index in [4.69, 9.17) is 0 Å². The number of carbonyl (C=O) groups excluding carboxylic acids is 1. The Morgan fingerprint density at radius 1 is 0.735 bits per heavy atom. The number of aliphatic carboxylic acids is 1. The highest BCUT2D eigenvalue weighted by Gasteiger charge is 2.44. The maximum Gasteiger partial charge on any atom is 0.327 e. The summed E-state index contributed by atoms with van der Waals surface area (Å²) in [5.74, 6) is -1.64. The van der Waals surface area contributed by atoms with Crippen LogP contribution >= 0.6 is 0 Å². The number of amides is 1. The second kappa shape index (κ2) is 9.69. The van der Waals surface area contributed by atoms with Crippen LogP contribution in [0.4, 0.5) is 5.69 Å². The van der Waals surface area contributed by atoms with Crippen LogP contribution in [0.15, 0.2) is 91.0 Å². The van der Waals surface area contributed by atoms with Crippen molar-refractivity contribution in [3.05, 3.63) is 102 Å². The van der Waals surface area contributed by atoms with E-state index < -0.39 is 17.9 Å². The van der Waals surface area contributed by atoms with Crippen LogP contribution in [0.3, 0.4) is 0 Å². The fraction of sp³-hybridized carbons (Fsp3) is 0.286. The lowest BCUT2D eigenvalue weighted by Crippen LogP contribution is -2.68. The monoisotopic (exact) mass is 455 g/mol. The minimum Gasteiger partial charge on any atom is -0.480 e. The quantitative estimate of drug-likeness (QED) is 0.640. The van der Waals surface area contributed by atoms with E-state index in [0.717, 1.165) is 36.4 Å². The van der Waals surface area contributed by atoms with Crippen LogP contribution in [0.25, 0.3) is 0 Å². The molecule has 3 aromatic carbocycles. The first-order valence-electron chi connectivity index (χ1n) is 11.8. The van der Waals surface area contributed by atoms with Crippen molar-refractivity contribution in [3.8, 4) is 0 Å². The fourth-order valence-corrected chi connectivity index (χ4v) is 5.24. The molecule has 0 aliphatic carbocycles. The highest BCUT2D eigenvalue weighted by Crippen LogP contribution is 2.31. The van der Waals surface area contributed by atoms with Gasteiger partial charge in [0, 0.05) is 44.5 Å². The van der Waals surface area contributed by atoms with Crippen molar-refractivity contribution in [2.45, 2.75) is 18.0 Å². The van der Waals surface area contributed by atoms with Crippen molar-refractivity contribution in [3.63, 3.8) is 0 Å². The van der Waals surface area contributed by atoms with Crippen LogP contribution in [0.5, 0.6) is 0 Å². The zero-order chi connectivity index (χ0) is 23.5.